The number of nitrogens with zero attached hydrogens (tertiary/aromatic N) is 4. The van der Waals surface area contributed by atoms with E-state index in [0.29, 0.717) is 23.3 Å². The van der Waals surface area contributed by atoms with Gasteiger partial charge < -0.3 is 30.6 Å². The van der Waals surface area contributed by atoms with Crippen molar-refractivity contribution >= 4 is 16.9 Å². The molecule has 9 heteroatoms. The van der Waals surface area contributed by atoms with E-state index < -0.39 is 24.5 Å². The standard InChI is InChI=1S/C20H30N6O3/c21-17-13-3-10-26(18(13)24-12-23-17)19-16(28)15(27)14(29-19)4-9-25-8-2-6-20(25)5-1-7-22-11-20/h3,10,12,14-16,19,22,27-28H,1-2,4-9,11H2,(H2,21,23,24)/t14-,15-,16-,19-,20?/m1/s1. The Bertz CT molecular complexity index is 867. The first-order valence-corrected chi connectivity index (χ1v) is 10.6. The molecule has 3 aliphatic heterocycles. The lowest BCUT2D eigenvalue weighted by atomic mass is 9.87. The molecule has 0 aliphatic carbocycles. The molecule has 2 aromatic heterocycles. The van der Waals surface area contributed by atoms with Gasteiger partial charge in [0.15, 0.2) is 6.23 Å². The Morgan fingerprint density at radius 1 is 1.24 bits per heavy atom. The molecule has 3 aliphatic rings. The molecule has 3 saturated heterocycles. The monoisotopic (exact) mass is 402 g/mol. The Morgan fingerprint density at radius 3 is 2.93 bits per heavy atom. The summed E-state index contributed by atoms with van der Waals surface area (Å²) in [5.74, 6) is 0.388. The molecule has 5 rings (SSSR count). The maximum Gasteiger partial charge on any atom is 0.164 e. The molecule has 9 nitrogen and oxygen atoms in total. The van der Waals surface area contributed by atoms with Crippen molar-refractivity contribution in [1.29, 1.82) is 0 Å². The fourth-order valence-electron chi connectivity index (χ4n) is 5.45. The molecular weight excluding hydrogens is 372 g/mol. The van der Waals surface area contributed by atoms with Gasteiger partial charge in [-0.15, -0.1) is 0 Å². The van der Waals surface area contributed by atoms with Gasteiger partial charge in [-0.2, -0.15) is 0 Å². The first kappa shape index (κ1) is 19.2. The summed E-state index contributed by atoms with van der Waals surface area (Å²) < 4.78 is 7.87. The van der Waals surface area contributed by atoms with Crippen LogP contribution in [0.1, 0.15) is 38.3 Å². The van der Waals surface area contributed by atoms with Crippen LogP contribution in [0.25, 0.3) is 11.0 Å². The number of nitrogens with one attached hydrogen (secondary N) is 1. The van der Waals surface area contributed by atoms with Crippen LogP contribution in [0.5, 0.6) is 0 Å². The van der Waals surface area contributed by atoms with Crippen LogP contribution in [0.15, 0.2) is 18.6 Å². The average molecular weight is 402 g/mol. The molecule has 0 saturated carbocycles. The zero-order chi connectivity index (χ0) is 20.0. The molecule has 5 atom stereocenters. The van der Waals surface area contributed by atoms with E-state index in [1.165, 1.54) is 32.0 Å². The van der Waals surface area contributed by atoms with Gasteiger partial charge in [0.25, 0.3) is 0 Å². The maximum absolute atomic E-state index is 10.7. The third-order valence-corrected chi connectivity index (χ3v) is 7.03. The summed E-state index contributed by atoms with van der Waals surface area (Å²) in [6.07, 6.45) is 5.71. The molecular formula is C20H30N6O3. The summed E-state index contributed by atoms with van der Waals surface area (Å²) in [6, 6.07) is 1.81. The summed E-state index contributed by atoms with van der Waals surface area (Å²) in [5, 5.41) is 25.6. The van der Waals surface area contributed by atoms with Crippen LogP contribution in [-0.4, -0.2) is 79.7 Å². The highest BCUT2D eigenvalue weighted by Gasteiger charge is 2.46. The van der Waals surface area contributed by atoms with E-state index in [1.807, 2.05) is 6.07 Å². The van der Waals surface area contributed by atoms with Crippen molar-refractivity contribution in [1.82, 2.24) is 24.8 Å². The van der Waals surface area contributed by atoms with Crippen molar-refractivity contribution in [2.75, 3.05) is 31.9 Å². The highest BCUT2D eigenvalue weighted by atomic mass is 16.6. The van der Waals surface area contributed by atoms with E-state index >= 15 is 0 Å². The summed E-state index contributed by atoms with van der Waals surface area (Å²) >= 11 is 0. The first-order chi connectivity index (χ1) is 14.1. The second-order valence-corrected chi connectivity index (χ2v) is 8.65. The van der Waals surface area contributed by atoms with Gasteiger partial charge in [0.05, 0.1) is 11.5 Å². The fraction of sp³-hybridized carbons (Fsp3) is 0.700. The zero-order valence-electron chi connectivity index (χ0n) is 16.6. The highest BCUT2D eigenvalue weighted by molar-refractivity contribution is 5.86. The number of piperidine rings is 1. The molecule has 3 fully saturated rings. The summed E-state index contributed by atoms with van der Waals surface area (Å²) in [4.78, 5) is 10.8. The van der Waals surface area contributed by atoms with Gasteiger partial charge in [0.1, 0.15) is 30.0 Å². The Labute approximate surface area is 169 Å². The van der Waals surface area contributed by atoms with Crippen LogP contribution < -0.4 is 11.1 Å². The zero-order valence-corrected chi connectivity index (χ0v) is 16.6. The average Bonchev–Trinajstić information content (AvgIpc) is 3.40. The molecule has 0 radical (unpaired) electrons. The molecule has 0 aromatic carbocycles. The number of fused-ring (bicyclic) bond motifs is 1. The minimum absolute atomic E-state index is 0.255. The molecule has 2 aromatic rings. The Balaban J connectivity index is 1.29. The number of aliphatic hydroxyl groups excluding tert-OH is 2. The largest absolute Gasteiger partial charge is 0.388 e. The normalized spacial score (nSPS) is 35.8. The summed E-state index contributed by atoms with van der Waals surface area (Å²) in [6.45, 7) is 4.11. The first-order valence-electron chi connectivity index (χ1n) is 10.6. The van der Waals surface area contributed by atoms with Gasteiger partial charge in [-0.05, 0) is 51.3 Å². The van der Waals surface area contributed by atoms with Crippen LogP contribution in [0.3, 0.4) is 0 Å². The topological polar surface area (TPSA) is 122 Å². The second kappa shape index (κ2) is 7.48. The lowest BCUT2D eigenvalue weighted by Crippen LogP contribution is -2.54. The van der Waals surface area contributed by atoms with E-state index in [2.05, 4.69) is 20.2 Å². The van der Waals surface area contributed by atoms with Crippen molar-refractivity contribution in [2.24, 2.45) is 0 Å². The molecule has 0 amide bonds. The maximum atomic E-state index is 10.7. The quantitative estimate of drug-likeness (QED) is 0.574. The van der Waals surface area contributed by atoms with E-state index in [9.17, 15) is 10.2 Å². The molecule has 1 spiro atoms. The van der Waals surface area contributed by atoms with Crippen molar-refractivity contribution < 1.29 is 14.9 Å². The smallest absolute Gasteiger partial charge is 0.164 e. The second-order valence-electron chi connectivity index (χ2n) is 8.65. The summed E-state index contributed by atoms with van der Waals surface area (Å²) in [7, 11) is 0. The number of hydrogen-bond acceptors (Lipinski definition) is 8. The number of nitrogen functional groups attached to an aromatic ring is 1. The van der Waals surface area contributed by atoms with Crippen molar-refractivity contribution in [3.8, 4) is 0 Å². The number of aromatic nitrogens is 3. The van der Waals surface area contributed by atoms with Crippen molar-refractivity contribution in [3.63, 3.8) is 0 Å². The van der Waals surface area contributed by atoms with Crippen molar-refractivity contribution in [2.45, 2.75) is 62.2 Å². The van der Waals surface area contributed by atoms with E-state index in [1.54, 1.807) is 10.8 Å². The Kier molecular flexibility index (Phi) is 4.95. The number of likely N-dealkylation sites (tertiary alicyclic amines) is 1. The van der Waals surface area contributed by atoms with Crippen LogP contribution in [0.4, 0.5) is 5.82 Å². The highest BCUT2D eigenvalue weighted by Crippen LogP contribution is 2.37. The Morgan fingerprint density at radius 2 is 2.10 bits per heavy atom. The molecule has 0 bridgehead atoms. The lowest BCUT2D eigenvalue weighted by Gasteiger charge is -2.42. The van der Waals surface area contributed by atoms with E-state index in [0.717, 1.165) is 26.2 Å². The Hall–Kier alpha value is -1.78. The van der Waals surface area contributed by atoms with E-state index in [-0.39, 0.29) is 5.54 Å². The molecule has 29 heavy (non-hydrogen) atoms. The van der Waals surface area contributed by atoms with Gasteiger partial charge >= 0.3 is 0 Å². The SMILES string of the molecule is Nc1ncnc2c1ccn2[C@@H]1O[C@H](CCN2CCCC23CCCNC3)[C@@H](O)[C@H]1O. The number of ether oxygens (including phenoxy) is 1. The minimum atomic E-state index is -1.02. The van der Waals surface area contributed by atoms with Gasteiger partial charge in [-0.1, -0.05) is 0 Å². The van der Waals surface area contributed by atoms with Crippen LogP contribution in [0.2, 0.25) is 0 Å². The number of hydrogen-bond donors (Lipinski definition) is 4. The fourth-order valence-corrected chi connectivity index (χ4v) is 5.45. The minimum Gasteiger partial charge on any atom is -0.388 e. The van der Waals surface area contributed by atoms with Gasteiger partial charge in [0.2, 0.25) is 0 Å². The molecule has 5 N–H and O–H groups in total. The van der Waals surface area contributed by atoms with Crippen LogP contribution in [-0.2, 0) is 4.74 Å². The number of aliphatic hydroxyl groups is 2. The predicted octanol–water partition coefficient (Wildman–Crippen LogP) is 0.241. The molecule has 158 valence electrons. The van der Waals surface area contributed by atoms with Gasteiger partial charge in [0, 0.05) is 24.8 Å². The predicted molar refractivity (Wildman–Crippen MR) is 108 cm³/mol. The van der Waals surface area contributed by atoms with Crippen molar-refractivity contribution in [3.05, 3.63) is 18.6 Å². The number of anilines is 1. The number of nitrogens with two attached hydrogens (primary N) is 1. The lowest BCUT2D eigenvalue weighted by molar-refractivity contribution is -0.0411. The van der Waals surface area contributed by atoms with Crippen LogP contribution >= 0.6 is 0 Å². The third-order valence-electron chi connectivity index (χ3n) is 7.03. The number of rotatable bonds is 4. The summed E-state index contributed by atoms with van der Waals surface area (Å²) in [5.41, 5.74) is 6.77. The molecule has 5 heterocycles. The van der Waals surface area contributed by atoms with E-state index in [4.69, 9.17) is 10.5 Å². The van der Waals surface area contributed by atoms with Gasteiger partial charge in [-0.25, -0.2) is 9.97 Å². The van der Waals surface area contributed by atoms with Crippen LogP contribution in [0, 0.1) is 0 Å². The third kappa shape index (κ3) is 3.21. The van der Waals surface area contributed by atoms with Gasteiger partial charge in [-0.3, -0.25) is 4.90 Å². The molecule has 1 unspecified atom stereocenters.